The Morgan fingerprint density at radius 2 is 2.00 bits per heavy atom. The maximum absolute atomic E-state index is 6.36. The minimum absolute atomic E-state index is 0.301. The molecule has 0 amide bonds. The van der Waals surface area contributed by atoms with E-state index in [1.807, 2.05) is 42.9 Å². The predicted octanol–water partition coefficient (Wildman–Crippen LogP) is 4.72. The lowest BCUT2D eigenvalue weighted by molar-refractivity contribution is 0.182. The molecule has 3 aromatic heterocycles. The van der Waals surface area contributed by atoms with Gasteiger partial charge in [0, 0.05) is 60.5 Å². The standard InChI is InChI=1S/C22H21ClN4O2/c1-14-9-17(20-7-8-25-27(20)2)16-5-4-6-21(22(16)26-14)29-13-18-15(12-28-3)10-24-11-19(18)23/h4-11H,12-13H2,1-3H3. The maximum atomic E-state index is 6.36. The van der Waals surface area contributed by atoms with Gasteiger partial charge in [-0.1, -0.05) is 23.7 Å². The van der Waals surface area contributed by atoms with Crippen molar-refractivity contribution < 1.29 is 9.47 Å². The Morgan fingerprint density at radius 3 is 2.76 bits per heavy atom. The number of hydrogen-bond donors (Lipinski definition) is 0. The van der Waals surface area contributed by atoms with E-state index in [2.05, 4.69) is 16.1 Å². The van der Waals surface area contributed by atoms with Gasteiger partial charge in [-0.25, -0.2) is 4.98 Å². The predicted molar refractivity (Wildman–Crippen MR) is 113 cm³/mol. The molecular weight excluding hydrogens is 388 g/mol. The highest BCUT2D eigenvalue weighted by atomic mass is 35.5. The zero-order chi connectivity index (χ0) is 20.4. The van der Waals surface area contributed by atoms with Crippen LogP contribution in [0.2, 0.25) is 5.02 Å². The number of methoxy groups -OCH3 is 1. The average molecular weight is 409 g/mol. The van der Waals surface area contributed by atoms with Gasteiger partial charge in [-0.2, -0.15) is 5.10 Å². The Bertz CT molecular complexity index is 1170. The molecule has 0 unspecified atom stereocenters. The van der Waals surface area contributed by atoms with Crippen LogP contribution in [-0.4, -0.2) is 26.9 Å². The number of benzene rings is 1. The Labute approximate surface area is 174 Å². The van der Waals surface area contributed by atoms with Crippen LogP contribution in [0.5, 0.6) is 5.75 Å². The quantitative estimate of drug-likeness (QED) is 0.462. The molecule has 3 heterocycles. The molecule has 1 aromatic carbocycles. The van der Waals surface area contributed by atoms with E-state index in [4.69, 9.17) is 26.1 Å². The van der Waals surface area contributed by atoms with E-state index in [0.717, 1.165) is 39.0 Å². The highest BCUT2D eigenvalue weighted by Crippen LogP contribution is 2.33. The first-order valence-corrected chi connectivity index (χ1v) is 9.58. The Kier molecular flexibility index (Phi) is 5.47. The largest absolute Gasteiger partial charge is 0.487 e. The van der Waals surface area contributed by atoms with Gasteiger partial charge in [0.15, 0.2) is 0 Å². The summed E-state index contributed by atoms with van der Waals surface area (Å²) in [6.45, 7) is 2.70. The fourth-order valence-corrected chi connectivity index (χ4v) is 3.64. The van der Waals surface area contributed by atoms with Crippen LogP contribution in [0.1, 0.15) is 16.8 Å². The molecule has 0 radical (unpaired) electrons. The van der Waals surface area contributed by atoms with Gasteiger partial charge in [0.05, 0.1) is 17.3 Å². The Balaban J connectivity index is 1.75. The van der Waals surface area contributed by atoms with Gasteiger partial charge in [0.1, 0.15) is 17.9 Å². The molecule has 0 aliphatic heterocycles. The zero-order valence-electron chi connectivity index (χ0n) is 16.5. The Hall–Kier alpha value is -2.96. The summed E-state index contributed by atoms with van der Waals surface area (Å²) in [5.74, 6) is 0.700. The third-order valence-electron chi connectivity index (χ3n) is 4.79. The van der Waals surface area contributed by atoms with Crippen LogP contribution in [0.25, 0.3) is 22.2 Å². The van der Waals surface area contributed by atoms with Gasteiger partial charge in [0.2, 0.25) is 0 Å². The second-order valence-corrected chi connectivity index (χ2v) is 7.19. The van der Waals surface area contributed by atoms with Crippen molar-refractivity contribution in [1.29, 1.82) is 0 Å². The van der Waals surface area contributed by atoms with Gasteiger partial charge in [0.25, 0.3) is 0 Å². The number of ether oxygens (including phenoxy) is 2. The van der Waals surface area contributed by atoms with Crippen LogP contribution in [-0.2, 0) is 25.0 Å². The second-order valence-electron chi connectivity index (χ2n) is 6.78. The van der Waals surface area contributed by atoms with E-state index in [1.165, 1.54) is 0 Å². The number of nitrogens with zero attached hydrogens (tertiary/aromatic N) is 4. The third kappa shape index (κ3) is 3.81. The smallest absolute Gasteiger partial charge is 0.146 e. The van der Waals surface area contributed by atoms with Gasteiger partial charge < -0.3 is 9.47 Å². The highest BCUT2D eigenvalue weighted by molar-refractivity contribution is 6.31. The molecule has 0 bridgehead atoms. The minimum Gasteiger partial charge on any atom is -0.487 e. The van der Waals surface area contributed by atoms with Crippen molar-refractivity contribution in [2.45, 2.75) is 20.1 Å². The molecule has 0 saturated carbocycles. The van der Waals surface area contributed by atoms with Crippen molar-refractivity contribution in [3.05, 3.63) is 70.8 Å². The third-order valence-corrected chi connectivity index (χ3v) is 5.12. The second kappa shape index (κ2) is 8.19. The molecule has 4 rings (SSSR count). The SMILES string of the molecule is COCc1cncc(Cl)c1COc1cccc2c(-c3ccnn3C)cc(C)nc12. The fraction of sp³-hybridized carbons (Fsp3) is 0.227. The average Bonchev–Trinajstić information content (AvgIpc) is 3.13. The van der Waals surface area contributed by atoms with Crippen LogP contribution >= 0.6 is 11.6 Å². The summed E-state index contributed by atoms with van der Waals surface area (Å²) < 4.78 is 13.3. The van der Waals surface area contributed by atoms with E-state index in [9.17, 15) is 0 Å². The number of fused-ring (bicyclic) bond motifs is 1. The summed E-state index contributed by atoms with van der Waals surface area (Å²) in [4.78, 5) is 8.88. The van der Waals surface area contributed by atoms with Crippen LogP contribution < -0.4 is 4.74 Å². The number of rotatable bonds is 6. The first kappa shape index (κ1) is 19.4. The number of halogens is 1. The maximum Gasteiger partial charge on any atom is 0.146 e. The topological polar surface area (TPSA) is 62.1 Å². The van der Waals surface area contributed by atoms with Crippen LogP contribution in [0, 0.1) is 6.92 Å². The molecule has 7 heteroatoms. The van der Waals surface area contributed by atoms with E-state index < -0.39 is 0 Å². The lowest BCUT2D eigenvalue weighted by Gasteiger charge is -2.15. The van der Waals surface area contributed by atoms with E-state index in [1.54, 1.807) is 25.7 Å². The van der Waals surface area contributed by atoms with Crippen LogP contribution in [0.3, 0.4) is 0 Å². The molecule has 6 nitrogen and oxygen atoms in total. The van der Waals surface area contributed by atoms with Gasteiger partial charge in [-0.3, -0.25) is 9.67 Å². The molecule has 0 spiro atoms. The number of pyridine rings is 2. The van der Waals surface area contributed by atoms with Crippen molar-refractivity contribution in [3.63, 3.8) is 0 Å². The van der Waals surface area contributed by atoms with E-state index in [-0.39, 0.29) is 0 Å². The molecule has 0 atom stereocenters. The molecule has 0 N–H and O–H groups in total. The van der Waals surface area contributed by atoms with Gasteiger partial charge >= 0.3 is 0 Å². The first-order valence-electron chi connectivity index (χ1n) is 9.20. The molecule has 0 saturated heterocycles. The molecular formula is C22H21ClN4O2. The van der Waals surface area contributed by atoms with Crippen molar-refractivity contribution in [2.75, 3.05) is 7.11 Å². The normalized spacial score (nSPS) is 11.2. The minimum atomic E-state index is 0.301. The van der Waals surface area contributed by atoms with Crippen molar-refractivity contribution in [1.82, 2.24) is 19.7 Å². The van der Waals surface area contributed by atoms with Gasteiger partial charge in [-0.05, 0) is 25.1 Å². The fourth-order valence-electron chi connectivity index (χ4n) is 3.41. The lowest BCUT2D eigenvalue weighted by atomic mass is 10.0. The van der Waals surface area contributed by atoms with Crippen LogP contribution in [0.4, 0.5) is 0 Å². The van der Waals surface area contributed by atoms with Crippen molar-refractivity contribution in [2.24, 2.45) is 7.05 Å². The van der Waals surface area contributed by atoms with Crippen LogP contribution in [0.15, 0.2) is 48.9 Å². The number of para-hydroxylation sites is 1. The molecule has 0 fully saturated rings. The summed E-state index contributed by atoms with van der Waals surface area (Å²) in [5.41, 5.74) is 5.58. The number of hydrogen-bond acceptors (Lipinski definition) is 5. The zero-order valence-corrected chi connectivity index (χ0v) is 17.3. The van der Waals surface area contributed by atoms with Crippen molar-refractivity contribution in [3.8, 4) is 17.0 Å². The number of aromatic nitrogens is 4. The Morgan fingerprint density at radius 1 is 1.14 bits per heavy atom. The summed E-state index contributed by atoms with van der Waals surface area (Å²) in [5, 5.41) is 5.86. The molecule has 0 aliphatic rings. The van der Waals surface area contributed by atoms with Gasteiger partial charge in [-0.15, -0.1) is 0 Å². The summed E-state index contributed by atoms with van der Waals surface area (Å²) in [7, 11) is 3.57. The van der Waals surface area contributed by atoms with E-state index in [0.29, 0.717) is 24.0 Å². The molecule has 0 aliphatic carbocycles. The monoisotopic (exact) mass is 408 g/mol. The van der Waals surface area contributed by atoms with Crippen molar-refractivity contribution >= 4 is 22.5 Å². The summed E-state index contributed by atoms with van der Waals surface area (Å²) in [6, 6.07) is 10.0. The summed E-state index contributed by atoms with van der Waals surface area (Å²) in [6.07, 6.45) is 5.16. The number of aryl methyl sites for hydroxylation is 2. The highest BCUT2D eigenvalue weighted by Gasteiger charge is 2.14. The van der Waals surface area contributed by atoms with E-state index >= 15 is 0 Å². The molecule has 148 valence electrons. The molecule has 4 aromatic rings. The first-order chi connectivity index (χ1) is 14.1. The molecule has 29 heavy (non-hydrogen) atoms. The lowest BCUT2D eigenvalue weighted by Crippen LogP contribution is -2.04. The summed E-state index contributed by atoms with van der Waals surface area (Å²) >= 11 is 6.36.